The van der Waals surface area contributed by atoms with Gasteiger partial charge >= 0.3 is 0 Å². The second kappa shape index (κ2) is 5.99. The Morgan fingerprint density at radius 1 is 1.37 bits per heavy atom. The van der Waals surface area contributed by atoms with Crippen LogP contribution in [0.3, 0.4) is 0 Å². The molecule has 0 radical (unpaired) electrons. The number of amidine groups is 1. The molecular formula is C14H22N4S. The standard InChI is InChI=1S/C14H22N4S/c1-2-6-14(5-1)11-19-13(17-14)16-7-3-4-9-18-10-8-15-12-18/h8,10,12H,1-7,9,11H2,(H,16,17). The number of unbranched alkanes of at least 4 members (excludes halogenated alkanes) is 1. The van der Waals surface area contributed by atoms with Crippen molar-refractivity contribution in [2.45, 2.75) is 50.6 Å². The highest BCUT2D eigenvalue weighted by Gasteiger charge is 2.39. The van der Waals surface area contributed by atoms with Crippen LogP contribution >= 0.6 is 11.8 Å². The summed E-state index contributed by atoms with van der Waals surface area (Å²) in [4.78, 5) is 8.75. The number of aromatic nitrogens is 2. The molecule has 2 aliphatic rings. The van der Waals surface area contributed by atoms with Crippen molar-refractivity contribution in [2.24, 2.45) is 4.99 Å². The van der Waals surface area contributed by atoms with Crippen LogP contribution in [0.1, 0.15) is 38.5 Å². The highest BCUT2D eigenvalue weighted by molar-refractivity contribution is 8.14. The van der Waals surface area contributed by atoms with Crippen molar-refractivity contribution in [1.82, 2.24) is 14.9 Å². The van der Waals surface area contributed by atoms with Gasteiger partial charge in [-0.1, -0.05) is 24.6 Å². The molecule has 1 spiro atoms. The molecule has 4 nitrogen and oxygen atoms in total. The van der Waals surface area contributed by atoms with Gasteiger partial charge in [-0.2, -0.15) is 0 Å². The van der Waals surface area contributed by atoms with Gasteiger partial charge < -0.3 is 9.88 Å². The van der Waals surface area contributed by atoms with E-state index in [0.29, 0.717) is 5.54 Å². The lowest BCUT2D eigenvalue weighted by atomic mass is 10.0. The van der Waals surface area contributed by atoms with E-state index in [2.05, 4.69) is 14.9 Å². The molecule has 1 N–H and O–H groups in total. The quantitative estimate of drug-likeness (QED) is 0.842. The zero-order chi connectivity index (χ0) is 13.0. The maximum Gasteiger partial charge on any atom is 0.157 e. The third kappa shape index (κ3) is 3.32. The van der Waals surface area contributed by atoms with Crippen molar-refractivity contribution >= 4 is 16.9 Å². The maximum atomic E-state index is 4.70. The Bertz CT molecular complexity index is 421. The molecule has 2 heterocycles. The fourth-order valence-electron chi connectivity index (χ4n) is 2.92. The molecule has 1 aromatic rings. The van der Waals surface area contributed by atoms with Crippen LogP contribution in [0.25, 0.3) is 0 Å². The third-order valence-corrected chi connectivity index (χ3v) is 5.26. The first-order valence-electron chi connectivity index (χ1n) is 7.28. The summed E-state index contributed by atoms with van der Waals surface area (Å²) in [6.45, 7) is 2.00. The molecule has 1 aliphatic carbocycles. The van der Waals surface area contributed by atoms with Crippen LogP contribution in [0.4, 0.5) is 0 Å². The molecule has 104 valence electrons. The van der Waals surface area contributed by atoms with Crippen LogP contribution in [-0.2, 0) is 6.54 Å². The Kier molecular flexibility index (Phi) is 4.11. The summed E-state index contributed by atoms with van der Waals surface area (Å²) in [6, 6.07) is 0. The predicted octanol–water partition coefficient (Wildman–Crippen LogP) is 2.67. The molecule has 3 rings (SSSR count). The lowest BCUT2D eigenvalue weighted by Crippen LogP contribution is -2.40. The monoisotopic (exact) mass is 278 g/mol. The summed E-state index contributed by atoms with van der Waals surface area (Å²) < 4.78 is 2.13. The van der Waals surface area contributed by atoms with Gasteiger partial charge in [-0.15, -0.1) is 0 Å². The number of hydrogen-bond acceptors (Lipinski definition) is 3. The molecule has 0 aromatic carbocycles. The van der Waals surface area contributed by atoms with Gasteiger partial charge in [0.25, 0.3) is 0 Å². The lowest BCUT2D eigenvalue weighted by Gasteiger charge is -2.21. The highest BCUT2D eigenvalue weighted by Crippen LogP contribution is 2.37. The average Bonchev–Trinajstić information content (AvgIpc) is 3.14. The molecule has 1 saturated carbocycles. The molecule has 1 aliphatic heterocycles. The highest BCUT2D eigenvalue weighted by atomic mass is 32.2. The van der Waals surface area contributed by atoms with E-state index >= 15 is 0 Å². The molecule has 0 amide bonds. The van der Waals surface area contributed by atoms with Gasteiger partial charge in [0.15, 0.2) is 5.17 Å². The second-order valence-electron chi connectivity index (χ2n) is 5.60. The maximum absolute atomic E-state index is 4.70. The smallest absolute Gasteiger partial charge is 0.157 e. The second-order valence-corrected chi connectivity index (χ2v) is 6.56. The fraction of sp³-hybridized carbons (Fsp3) is 0.714. The van der Waals surface area contributed by atoms with Crippen LogP contribution in [-0.4, -0.2) is 32.6 Å². The van der Waals surface area contributed by atoms with Gasteiger partial charge in [0, 0.05) is 36.8 Å². The molecular weight excluding hydrogens is 256 g/mol. The summed E-state index contributed by atoms with van der Waals surface area (Å²) in [6.07, 6.45) is 13.5. The molecule has 5 heteroatoms. The predicted molar refractivity (Wildman–Crippen MR) is 80.6 cm³/mol. The minimum atomic E-state index is 0.403. The number of aryl methyl sites for hydroxylation is 1. The van der Waals surface area contributed by atoms with E-state index in [1.54, 1.807) is 0 Å². The topological polar surface area (TPSA) is 42.2 Å². The lowest BCUT2D eigenvalue weighted by molar-refractivity contribution is 0.452. The van der Waals surface area contributed by atoms with Crippen LogP contribution in [0, 0.1) is 0 Å². The van der Waals surface area contributed by atoms with E-state index in [1.807, 2.05) is 30.5 Å². The van der Waals surface area contributed by atoms with Crippen LogP contribution in [0.5, 0.6) is 0 Å². The van der Waals surface area contributed by atoms with E-state index in [9.17, 15) is 0 Å². The number of rotatable bonds is 5. The molecule has 19 heavy (non-hydrogen) atoms. The summed E-state index contributed by atoms with van der Waals surface area (Å²) in [7, 11) is 0. The van der Waals surface area contributed by atoms with E-state index in [1.165, 1.54) is 43.0 Å². The van der Waals surface area contributed by atoms with Crippen molar-refractivity contribution in [2.75, 3.05) is 12.3 Å². The van der Waals surface area contributed by atoms with E-state index in [0.717, 1.165) is 19.5 Å². The van der Waals surface area contributed by atoms with E-state index in [4.69, 9.17) is 4.99 Å². The third-order valence-electron chi connectivity index (χ3n) is 4.06. The van der Waals surface area contributed by atoms with Gasteiger partial charge in [-0.05, 0) is 25.7 Å². The van der Waals surface area contributed by atoms with Gasteiger partial charge in [0.2, 0.25) is 0 Å². The van der Waals surface area contributed by atoms with Crippen molar-refractivity contribution in [3.05, 3.63) is 18.7 Å². The number of thioether (sulfide) groups is 1. The van der Waals surface area contributed by atoms with Crippen LogP contribution in [0.15, 0.2) is 23.7 Å². The first-order valence-corrected chi connectivity index (χ1v) is 8.26. The molecule has 2 fully saturated rings. The van der Waals surface area contributed by atoms with Gasteiger partial charge in [-0.25, -0.2) is 4.98 Å². The molecule has 0 atom stereocenters. The van der Waals surface area contributed by atoms with Gasteiger partial charge in [-0.3, -0.25) is 4.99 Å². The van der Waals surface area contributed by atoms with Crippen molar-refractivity contribution in [1.29, 1.82) is 0 Å². The Hall–Kier alpha value is -0.970. The number of nitrogens with zero attached hydrogens (tertiary/aromatic N) is 3. The number of imidazole rings is 1. The average molecular weight is 278 g/mol. The normalized spacial score (nSPS) is 23.3. The van der Waals surface area contributed by atoms with Gasteiger partial charge in [0.1, 0.15) is 0 Å². The summed E-state index contributed by atoms with van der Waals surface area (Å²) in [5.74, 6) is 1.22. The number of aliphatic imine (C=N–C) groups is 1. The van der Waals surface area contributed by atoms with E-state index in [-0.39, 0.29) is 0 Å². The van der Waals surface area contributed by atoms with Crippen molar-refractivity contribution in [3.63, 3.8) is 0 Å². The zero-order valence-corrected chi connectivity index (χ0v) is 12.2. The first kappa shape index (κ1) is 13.0. The first-order chi connectivity index (χ1) is 9.36. The molecule has 0 unspecified atom stereocenters. The van der Waals surface area contributed by atoms with Crippen molar-refractivity contribution < 1.29 is 0 Å². The minimum absolute atomic E-state index is 0.403. The fourth-order valence-corrected chi connectivity index (χ4v) is 4.16. The summed E-state index contributed by atoms with van der Waals surface area (Å²) in [5, 5.41) is 4.85. The molecule has 1 aromatic heterocycles. The Labute approximate surface area is 119 Å². The van der Waals surface area contributed by atoms with Crippen molar-refractivity contribution in [3.8, 4) is 0 Å². The van der Waals surface area contributed by atoms with Crippen LogP contribution in [0.2, 0.25) is 0 Å². The summed E-state index contributed by atoms with van der Waals surface area (Å²) in [5.41, 5.74) is 0.403. The Morgan fingerprint density at radius 2 is 2.26 bits per heavy atom. The van der Waals surface area contributed by atoms with E-state index < -0.39 is 0 Å². The summed E-state index contributed by atoms with van der Waals surface area (Å²) >= 11 is 1.92. The molecule has 0 bridgehead atoms. The number of nitrogens with one attached hydrogen (secondary N) is 1. The zero-order valence-electron chi connectivity index (χ0n) is 11.3. The minimum Gasteiger partial charge on any atom is -0.359 e. The Morgan fingerprint density at radius 3 is 3.05 bits per heavy atom. The number of hydrogen-bond donors (Lipinski definition) is 1. The largest absolute Gasteiger partial charge is 0.359 e. The molecule has 1 saturated heterocycles. The SMILES string of the molecule is c1cn(CCCCN=C2NC3(CCCC3)CS2)cn1. The van der Waals surface area contributed by atoms with Crippen LogP contribution < -0.4 is 5.32 Å². The Balaban J connectivity index is 1.36. The van der Waals surface area contributed by atoms with Gasteiger partial charge in [0.05, 0.1) is 6.33 Å².